The highest BCUT2D eigenvalue weighted by molar-refractivity contribution is 6.32. The predicted molar refractivity (Wildman–Crippen MR) is 141 cm³/mol. The van der Waals surface area contributed by atoms with Crippen molar-refractivity contribution in [1.82, 2.24) is 0 Å². The van der Waals surface area contributed by atoms with Gasteiger partial charge in [0, 0.05) is 10.6 Å². The van der Waals surface area contributed by atoms with Gasteiger partial charge in [0.25, 0.3) is 5.91 Å². The number of fused-ring (bicyclic) bond motifs is 1. The Bertz CT molecular complexity index is 1620. The van der Waals surface area contributed by atoms with Crippen molar-refractivity contribution in [3.63, 3.8) is 0 Å². The van der Waals surface area contributed by atoms with E-state index in [1.807, 2.05) is 0 Å². The Morgan fingerprint density at radius 2 is 1.72 bits per heavy atom. The number of hydrogen-bond acceptors (Lipinski definition) is 6. The summed E-state index contributed by atoms with van der Waals surface area (Å²) in [5.41, 5.74) is -0.849. The average molecular weight is 562 g/mol. The molecule has 0 spiro atoms. The zero-order valence-corrected chi connectivity index (χ0v) is 22.0. The molecular weight excluding hydrogens is 539 g/mol. The van der Waals surface area contributed by atoms with Gasteiger partial charge in [-0.1, -0.05) is 23.7 Å². The lowest BCUT2D eigenvalue weighted by molar-refractivity contribution is -0.137. The van der Waals surface area contributed by atoms with E-state index >= 15 is 0 Å². The first-order chi connectivity index (χ1) is 18.4. The maximum Gasteiger partial charge on any atom is 0.418 e. The van der Waals surface area contributed by atoms with Crippen LogP contribution >= 0.6 is 11.6 Å². The van der Waals surface area contributed by atoms with Crippen LogP contribution in [0, 0.1) is 6.92 Å². The summed E-state index contributed by atoms with van der Waals surface area (Å²) in [6, 6.07) is 12.3. The second-order valence-electron chi connectivity index (χ2n) is 8.55. The largest absolute Gasteiger partial charge is 0.493 e. The van der Waals surface area contributed by atoms with E-state index < -0.39 is 34.9 Å². The number of aryl methyl sites for hydroxylation is 1. The second kappa shape index (κ2) is 10.9. The van der Waals surface area contributed by atoms with Crippen LogP contribution in [0.25, 0.3) is 22.3 Å². The minimum absolute atomic E-state index is 0.0227. The van der Waals surface area contributed by atoms with E-state index in [0.29, 0.717) is 27.6 Å². The number of methoxy groups -OCH3 is 2. The topological polar surface area (TPSA) is 87.0 Å². The molecule has 3 aromatic carbocycles. The zero-order valence-electron chi connectivity index (χ0n) is 21.2. The molecule has 4 aromatic rings. The number of benzene rings is 3. The molecule has 11 heteroatoms. The minimum Gasteiger partial charge on any atom is -0.493 e. The lowest BCUT2D eigenvalue weighted by Gasteiger charge is -2.19. The summed E-state index contributed by atoms with van der Waals surface area (Å²) in [5.74, 6) is -0.505. The average Bonchev–Trinajstić information content (AvgIpc) is 2.90. The standard InChI is InChI=1S/C28H23ClF3NO6/c1-14-11-22-17(13-19(14)29)24(34)26(25(39-22)16-9-10-21(36-3)23(12-16)37-4)38-15(2)27(35)33-20-8-6-5-7-18(20)28(30,31)32/h5-13,15H,1-4H3,(H,33,35). The Labute approximate surface area is 226 Å². The lowest BCUT2D eigenvalue weighted by atomic mass is 10.1. The summed E-state index contributed by atoms with van der Waals surface area (Å²) in [5, 5.41) is 2.64. The van der Waals surface area contributed by atoms with Gasteiger partial charge >= 0.3 is 6.18 Å². The first kappa shape index (κ1) is 27.8. The van der Waals surface area contributed by atoms with E-state index in [1.54, 1.807) is 31.2 Å². The number of halogens is 4. The molecule has 0 fully saturated rings. The summed E-state index contributed by atoms with van der Waals surface area (Å²) in [6.07, 6.45) is -6.09. The van der Waals surface area contributed by atoms with Crippen molar-refractivity contribution in [2.75, 3.05) is 19.5 Å². The van der Waals surface area contributed by atoms with Crippen LogP contribution in [0.15, 0.2) is 63.8 Å². The fourth-order valence-electron chi connectivity index (χ4n) is 3.88. The number of ether oxygens (including phenoxy) is 3. The van der Waals surface area contributed by atoms with Gasteiger partial charge in [-0.05, 0) is 61.9 Å². The van der Waals surface area contributed by atoms with Crippen molar-refractivity contribution in [2.24, 2.45) is 0 Å². The molecule has 0 aliphatic rings. The number of anilines is 1. The molecular formula is C28H23ClF3NO6. The van der Waals surface area contributed by atoms with Gasteiger partial charge in [0.05, 0.1) is 30.9 Å². The van der Waals surface area contributed by atoms with Crippen LogP contribution in [0.1, 0.15) is 18.1 Å². The monoisotopic (exact) mass is 561 g/mol. The molecule has 0 bridgehead atoms. The highest BCUT2D eigenvalue weighted by atomic mass is 35.5. The molecule has 1 aromatic heterocycles. The van der Waals surface area contributed by atoms with Crippen molar-refractivity contribution >= 4 is 34.2 Å². The summed E-state index contributed by atoms with van der Waals surface area (Å²) in [7, 11) is 2.90. The van der Waals surface area contributed by atoms with Crippen molar-refractivity contribution in [3.05, 3.63) is 81.0 Å². The molecule has 0 saturated heterocycles. The molecule has 4 rings (SSSR count). The Kier molecular flexibility index (Phi) is 7.78. The van der Waals surface area contributed by atoms with Gasteiger partial charge in [-0.2, -0.15) is 13.2 Å². The number of amides is 1. The SMILES string of the molecule is COc1ccc(-c2oc3cc(C)c(Cl)cc3c(=O)c2OC(C)C(=O)Nc2ccccc2C(F)(F)F)cc1OC. The molecule has 0 aliphatic carbocycles. The second-order valence-corrected chi connectivity index (χ2v) is 8.96. The van der Waals surface area contributed by atoms with Gasteiger partial charge in [0.1, 0.15) is 5.58 Å². The van der Waals surface area contributed by atoms with Crippen LogP contribution in [-0.4, -0.2) is 26.2 Å². The van der Waals surface area contributed by atoms with Crippen molar-refractivity contribution in [1.29, 1.82) is 0 Å². The molecule has 0 aliphatic heterocycles. The van der Waals surface area contributed by atoms with E-state index in [1.165, 1.54) is 39.3 Å². The van der Waals surface area contributed by atoms with Crippen LogP contribution in [-0.2, 0) is 11.0 Å². The molecule has 0 radical (unpaired) electrons. The molecule has 1 N–H and O–H groups in total. The van der Waals surface area contributed by atoms with Gasteiger partial charge in [-0.25, -0.2) is 0 Å². The smallest absolute Gasteiger partial charge is 0.418 e. The number of carbonyl (C=O) groups is 1. The van der Waals surface area contributed by atoms with E-state index in [9.17, 15) is 22.8 Å². The molecule has 1 heterocycles. The van der Waals surface area contributed by atoms with Crippen LogP contribution in [0.2, 0.25) is 5.02 Å². The van der Waals surface area contributed by atoms with E-state index in [2.05, 4.69) is 5.32 Å². The van der Waals surface area contributed by atoms with Gasteiger partial charge in [0.15, 0.2) is 23.4 Å². The molecule has 7 nitrogen and oxygen atoms in total. The van der Waals surface area contributed by atoms with Gasteiger partial charge in [0.2, 0.25) is 11.2 Å². The number of rotatable bonds is 7. The molecule has 0 saturated carbocycles. The number of alkyl halides is 3. The van der Waals surface area contributed by atoms with Crippen LogP contribution in [0.4, 0.5) is 18.9 Å². The molecule has 39 heavy (non-hydrogen) atoms. The van der Waals surface area contributed by atoms with Gasteiger partial charge in [-0.3, -0.25) is 9.59 Å². The first-order valence-corrected chi connectivity index (χ1v) is 12.0. The fraction of sp³-hybridized carbons (Fsp3) is 0.214. The molecule has 1 unspecified atom stereocenters. The lowest BCUT2D eigenvalue weighted by Crippen LogP contribution is -2.32. The van der Waals surface area contributed by atoms with Crippen LogP contribution < -0.4 is 25.0 Å². The summed E-state index contributed by atoms with van der Waals surface area (Å²) in [6.45, 7) is 3.04. The summed E-state index contributed by atoms with van der Waals surface area (Å²) < 4.78 is 62.7. The molecule has 204 valence electrons. The van der Waals surface area contributed by atoms with E-state index in [-0.39, 0.29) is 22.5 Å². The van der Waals surface area contributed by atoms with Crippen molar-refractivity contribution in [2.45, 2.75) is 26.1 Å². The number of nitrogens with one attached hydrogen (secondary N) is 1. The third-order valence-electron chi connectivity index (χ3n) is 5.93. The van der Waals surface area contributed by atoms with E-state index in [0.717, 1.165) is 12.1 Å². The maximum atomic E-state index is 13.6. The number of carbonyl (C=O) groups excluding carboxylic acids is 1. The van der Waals surface area contributed by atoms with Crippen LogP contribution in [0.3, 0.4) is 0 Å². The van der Waals surface area contributed by atoms with Crippen LogP contribution in [0.5, 0.6) is 17.2 Å². The quantitative estimate of drug-likeness (QED) is 0.265. The van der Waals surface area contributed by atoms with Gasteiger partial charge < -0.3 is 23.9 Å². The highest BCUT2D eigenvalue weighted by Crippen LogP contribution is 2.38. The number of para-hydroxylation sites is 1. The number of hydrogen-bond donors (Lipinski definition) is 1. The first-order valence-electron chi connectivity index (χ1n) is 11.6. The Balaban J connectivity index is 1.80. The third kappa shape index (κ3) is 5.65. The molecule has 1 atom stereocenters. The Hall–Kier alpha value is -4.18. The fourth-order valence-corrected chi connectivity index (χ4v) is 4.04. The molecule has 1 amide bonds. The Morgan fingerprint density at radius 1 is 1.03 bits per heavy atom. The maximum absolute atomic E-state index is 13.6. The predicted octanol–water partition coefficient (Wildman–Crippen LogP) is 6.86. The van der Waals surface area contributed by atoms with E-state index in [4.69, 9.17) is 30.2 Å². The Morgan fingerprint density at radius 3 is 2.38 bits per heavy atom. The van der Waals surface area contributed by atoms with Gasteiger partial charge in [-0.15, -0.1) is 0 Å². The minimum atomic E-state index is -4.69. The summed E-state index contributed by atoms with van der Waals surface area (Å²) in [4.78, 5) is 26.5. The normalized spacial score (nSPS) is 12.2. The van der Waals surface area contributed by atoms with Crippen molar-refractivity contribution < 1.29 is 36.6 Å². The zero-order chi connectivity index (χ0) is 28.5. The van der Waals surface area contributed by atoms with Crippen molar-refractivity contribution in [3.8, 4) is 28.6 Å². The summed E-state index contributed by atoms with van der Waals surface area (Å²) >= 11 is 6.23. The highest BCUT2D eigenvalue weighted by Gasteiger charge is 2.34. The third-order valence-corrected chi connectivity index (χ3v) is 6.34.